The molecule has 0 bridgehead atoms. The van der Waals surface area contributed by atoms with Crippen molar-refractivity contribution in [3.8, 4) is 17.2 Å². The van der Waals surface area contributed by atoms with E-state index in [4.69, 9.17) is 19.2 Å². The standard InChI is InChI=1S/C28H30N2O4/c1-4-30(2)27(22-7-5-6-8-23(22)32-3)19-9-11-21(29-17-19)16-26(31)28(13-14-28)20-10-12-24-25(15-20)34-18-33-24/h5-12,15,17,27H,4,13-14,16,18H2,1-3H3. The van der Waals surface area contributed by atoms with Crippen LogP contribution in [0.2, 0.25) is 0 Å². The Balaban J connectivity index is 1.36. The number of Topliss-reactive ketones (excluding diaryl/α,β-unsaturated/α-hetero) is 1. The second-order valence-corrected chi connectivity index (χ2v) is 9.05. The van der Waals surface area contributed by atoms with Crippen molar-refractivity contribution in [2.45, 2.75) is 37.6 Å². The molecule has 2 aromatic carbocycles. The zero-order valence-electron chi connectivity index (χ0n) is 19.9. The maximum atomic E-state index is 13.3. The van der Waals surface area contributed by atoms with Crippen LogP contribution >= 0.6 is 0 Å². The van der Waals surface area contributed by atoms with E-state index in [9.17, 15) is 4.79 Å². The number of rotatable bonds is 9. The quantitative estimate of drug-likeness (QED) is 0.463. The monoisotopic (exact) mass is 458 g/mol. The molecule has 1 aliphatic heterocycles. The molecule has 6 heteroatoms. The smallest absolute Gasteiger partial charge is 0.231 e. The summed E-state index contributed by atoms with van der Waals surface area (Å²) in [7, 11) is 3.79. The fourth-order valence-corrected chi connectivity index (χ4v) is 4.83. The van der Waals surface area contributed by atoms with Crippen LogP contribution < -0.4 is 14.2 Å². The number of hydrogen-bond donors (Lipinski definition) is 0. The molecule has 2 heterocycles. The number of para-hydroxylation sites is 1. The first kappa shape index (κ1) is 22.4. The highest BCUT2D eigenvalue weighted by Gasteiger charge is 2.51. The van der Waals surface area contributed by atoms with Gasteiger partial charge >= 0.3 is 0 Å². The van der Waals surface area contributed by atoms with E-state index in [-0.39, 0.29) is 18.6 Å². The van der Waals surface area contributed by atoms with Crippen LogP contribution in [0.4, 0.5) is 0 Å². The first-order valence-electron chi connectivity index (χ1n) is 11.8. The Morgan fingerprint density at radius 1 is 1.12 bits per heavy atom. The van der Waals surface area contributed by atoms with E-state index >= 15 is 0 Å². The lowest BCUT2D eigenvalue weighted by atomic mass is 9.88. The normalized spacial score (nSPS) is 16.4. The minimum absolute atomic E-state index is 0.0156. The van der Waals surface area contributed by atoms with Gasteiger partial charge in [-0.15, -0.1) is 0 Å². The molecule has 0 saturated heterocycles. The number of pyridine rings is 1. The predicted octanol–water partition coefficient (Wildman–Crippen LogP) is 4.70. The zero-order chi connectivity index (χ0) is 23.7. The van der Waals surface area contributed by atoms with E-state index in [0.717, 1.165) is 59.0 Å². The number of nitrogens with zero attached hydrogens (tertiary/aromatic N) is 2. The lowest BCUT2D eigenvalue weighted by molar-refractivity contribution is -0.120. The summed E-state index contributed by atoms with van der Waals surface area (Å²) in [6, 6.07) is 18.0. The molecule has 0 radical (unpaired) electrons. The molecule has 3 aromatic rings. The maximum Gasteiger partial charge on any atom is 0.231 e. The number of ether oxygens (including phenoxy) is 3. The molecule has 1 fully saturated rings. The average molecular weight is 459 g/mol. The Hall–Kier alpha value is -3.38. The molecule has 1 unspecified atom stereocenters. The molecule has 1 aromatic heterocycles. The van der Waals surface area contributed by atoms with E-state index < -0.39 is 5.41 Å². The number of fused-ring (bicyclic) bond motifs is 1. The zero-order valence-corrected chi connectivity index (χ0v) is 19.9. The molecule has 0 spiro atoms. The average Bonchev–Trinajstić information content (AvgIpc) is 3.56. The van der Waals surface area contributed by atoms with E-state index in [2.05, 4.69) is 31.0 Å². The van der Waals surface area contributed by atoms with Gasteiger partial charge in [0.25, 0.3) is 0 Å². The molecule has 176 valence electrons. The minimum Gasteiger partial charge on any atom is -0.496 e. The topological polar surface area (TPSA) is 60.9 Å². The summed E-state index contributed by atoms with van der Waals surface area (Å²) in [5, 5.41) is 0. The number of carbonyl (C=O) groups is 1. The molecule has 0 N–H and O–H groups in total. The van der Waals surface area contributed by atoms with Crippen molar-refractivity contribution in [1.82, 2.24) is 9.88 Å². The number of carbonyl (C=O) groups excluding carboxylic acids is 1. The van der Waals surface area contributed by atoms with Gasteiger partial charge in [-0.25, -0.2) is 0 Å². The summed E-state index contributed by atoms with van der Waals surface area (Å²) in [4.78, 5) is 20.3. The number of methoxy groups -OCH3 is 1. The first-order chi connectivity index (χ1) is 16.6. The van der Waals surface area contributed by atoms with Gasteiger partial charge in [0.2, 0.25) is 6.79 Å². The van der Waals surface area contributed by atoms with Crippen LogP contribution in [0.25, 0.3) is 0 Å². The second-order valence-electron chi connectivity index (χ2n) is 9.05. The van der Waals surface area contributed by atoms with Gasteiger partial charge in [0.05, 0.1) is 18.6 Å². The summed E-state index contributed by atoms with van der Waals surface area (Å²) in [5.74, 6) is 2.53. The Morgan fingerprint density at radius 2 is 1.91 bits per heavy atom. The van der Waals surface area contributed by atoms with Crippen LogP contribution in [0, 0.1) is 0 Å². The van der Waals surface area contributed by atoms with Gasteiger partial charge in [0.15, 0.2) is 11.5 Å². The van der Waals surface area contributed by atoms with Gasteiger partial charge in [0, 0.05) is 23.9 Å². The first-order valence-corrected chi connectivity index (χ1v) is 11.8. The third-order valence-electron chi connectivity index (χ3n) is 7.09. The van der Waals surface area contributed by atoms with Gasteiger partial charge in [-0.3, -0.25) is 14.7 Å². The maximum absolute atomic E-state index is 13.3. The summed E-state index contributed by atoms with van der Waals surface area (Å²) in [6.07, 6.45) is 3.94. The van der Waals surface area contributed by atoms with Gasteiger partial charge in [-0.2, -0.15) is 0 Å². The van der Waals surface area contributed by atoms with E-state index in [1.807, 2.05) is 48.7 Å². The second kappa shape index (κ2) is 9.11. The summed E-state index contributed by atoms with van der Waals surface area (Å²) in [6.45, 7) is 3.24. The van der Waals surface area contributed by atoms with Crippen LogP contribution in [0.5, 0.6) is 17.2 Å². The summed E-state index contributed by atoms with van der Waals surface area (Å²) < 4.78 is 16.6. The third-order valence-corrected chi connectivity index (χ3v) is 7.09. The Labute approximate surface area is 200 Å². The minimum atomic E-state index is -0.427. The van der Waals surface area contributed by atoms with Crippen molar-refractivity contribution < 1.29 is 19.0 Å². The molecule has 1 aliphatic carbocycles. The molecular weight excluding hydrogens is 428 g/mol. The van der Waals surface area contributed by atoms with Crippen molar-refractivity contribution in [1.29, 1.82) is 0 Å². The molecule has 0 amide bonds. The predicted molar refractivity (Wildman–Crippen MR) is 130 cm³/mol. The van der Waals surface area contributed by atoms with E-state index in [1.54, 1.807) is 7.11 Å². The van der Waals surface area contributed by atoms with Crippen molar-refractivity contribution in [2.24, 2.45) is 0 Å². The summed E-state index contributed by atoms with van der Waals surface area (Å²) in [5.41, 5.74) is 3.54. The van der Waals surface area contributed by atoms with E-state index in [0.29, 0.717) is 6.42 Å². The molecule has 6 nitrogen and oxygen atoms in total. The van der Waals surface area contributed by atoms with Gasteiger partial charge < -0.3 is 14.2 Å². The highest BCUT2D eigenvalue weighted by Crippen LogP contribution is 2.51. The Bertz CT molecular complexity index is 1190. The van der Waals surface area contributed by atoms with Crippen molar-refractivity contribution in [3.63, 3.8) is 0 Å². The summed E-state index contributed by atoms with van der Waals surface area (Å²) >= 11 is 0. The number of ketones is 1. The van der Waals surface area contributed by atoms with E-state index in [1.165, 1.54) is 0 Å². The fourth-order valence-electron chi connectivity index (χ4n) is 4.83. The van der Waals surface area contributed by atoms with Crippen molar-refractivity contribution in [2.75, 3.05) is 27.5 Å². The Kier molecular flexibility index (Phi) is 6.00. The number of hydrogen-bond acceptors (Lipinski definition) is 6. The number of aromatic nitrogens is 1. The van der Waals surface area contributed by atoms with Crippen LogP contribution in [0.15, 0.2) is 60.8 Å². The third kappa shape index (κ3) is 4.03. The molecule has 5 rings (SSSR count). The largest absolute Gasteiger partial charge is 0.496 e. The van der Waals surface area contributed by atoms with Gasteiger partial charge in [-0.05, 0) is 61.8 Å². The molecule has 2 aliphatic rings. The van der Waals surface area contributed by atoms with Gasteiger partial charge in [-0.1, -0.05) is 37.3 Å². The number of benzene rings is 2. The molecule has 34 heavy (non-hydrogen) atoms. The van der Waals surface area contributed by atoms with Gasteiger partial charge in [0.1, 0.15) is 11.5 Å². The molecular formula is C28H30N2O4. The van der Waals surface area contributed by atoms with Crippen LogP contribution in [0.3, 0.4) is 0 Å². The lowest BCUT2D eigenvalue weighted by Gasteiger charge is -2.29. The lowest BCUT2D eigenvalue weighted by Crippen LogP contribution is -2.26. The molecule has 1 atom stereocenters. The van der Waals surface area contributed by atoms with Crippen LogP contribution in [0.1, 0.15) is 48.2 Å². The Morgan fingerprint density at radius 3 is 2.62 bits per heavy atom. The van der Waals surface area contributed by atoms with Crippen LogP contribution in [-0.4, -0.2) is 43.2 Å². The highest BCUT2D eigenvalue weighted by atomic mass is 16.7. The highest BCUT2D eigenvalue weighted by molar-refractivity contribution is 5.94. The molecule has 1 saturated carbocycles. The fraction of sp³-hybridized carbons (Fsp3) is 0.357. The SMILES string of the molecule is CCN(C)C(c1ccc(CC(=O)C2(c3ccc4c(c3)OCO4)CC2)nc1)c1ccccc1OC. The van der Waals surface area contributed by atoms with Crippen molar-refractivity contribution in [3.05, 3.63) is 83.2 Å². The van der Waals surface area contributed by atoms with Crippen LogP contribution in [-0.2, 0) is 16.6 Å². The van der Waals surface area contributed by atoms with Crippen molar-refractivity contribution >= 4 is 5.78 Å².